The van der Waals surface area contributed by atoms with E-state index in [2.05, 4.69) is 24.4 Å². The Morgan fingerprint density at radius 1 is 1.27 bits per heavy atom. The summed E-state index contributed by atoms with van der Waals surface area (Å²) >= 11 is 5.92. The van der Waals surface area contributed by atoms with Gasteiger partial charge in [0.25, 0.3) is 5.91 Å². The molecule has 0 spiro atoms. The minimum atomic E-state index is -0.113. The second-order valence-electron chi connectivity index (χ2n) is 6.01. The Morgan fingerprint density at radius 2 is 2.00 bits per heavy atom. The standard InChI is InChI=1S/C22H24ClNO.Y/c1-3-6-17-8-5-9-21(16-17)24-22(25)20-12-10-19(11-13-20)18(7-4-2)14-15-23;/h5-6,9-13,16,18H,4,7,14-15H2,1-2H3,(H,24,25);/q-2;. The van der Waals surface area contributed by atoms with E-state index in [1.54, 1.807) is 6.07 Å². The number of nitrogens with one attached hydrogen (secondary N) is 1. The molecule has 1 radical (unpaired) electrons. The van der Waals surface area contributed by atoms with Gasteiger partial charge in [-0.3, -0.25) is 4.79 Å². The van der Waals surface area contributed by atoms with E-state index in [4.69, 9.17) is 11.6 Å². The number of allylic oxidation sites excluding steroid dienone is 1. The summed E-state index contributed by atoms with van der Waals surface area (Å²) in [6.45, 7) is 4.01. The molecule has 0 saturated heterocycles. The first kappa shape index (κ1) is 23.1. The van der Waals surface area contributed by atoms with E-state index in [0.717, 1.165) is 30.5 Å². The second-order valence-corrected chi connectivity index (χ2v) is 6.38. The van der Waals surface area contributed by atoms with Crippen LogP contribution in [0.5, 0.6) is 0 Å². The van der Waals surface area contributed by atoms with Crippen LogP contribution in [-0.4, -0.2) is 11.8 Å². The Morgan fingerprint density at radius 3 is 2.62 bits per heavy atom. The molecule has 0 aromatic heterocycles. The molecule has 2 nitrogen and oxygen atoms in total. The maximum absolute atomic E-state index is 12.4. The molecule has 2 rings (SSSR count). The number of rotatable bonds is 8. The molecule has 1 amide bonds. The third-order valence-corrected chi connectivity index (χ3v) is 4.34. The largest absolute Gasteiger partial charge is 0.341 e. The second kappa shape index (κ2) is 12.4. The van der Waals surface area contributed by atoms with Gasteiger partial charge in [-0.15, -0.1) is 24.6 Å². The first-order valence-corrected chi connectivity index (χ1v) is 9.20. The number of amides is 1. The van der Waals surface area contributed by atoms with Crippen LogP contribution in [0.4, 0.5) is 5.69 Å². The van der Waals surface area contributed by atoms with Crippen LogP contribution in [0.15, 0.2) is 42.5 Å². The van der Waals surface area contributed by atoms with E-state index < -0.39 is 0 Å². The summed E-state index contributed by atoms with van der Waals surface area (Å²) in [6.07, 6.45) is 7.99. The van der Waals surface area contributed by atoms with Crippen molar-refractivity contribution in [1.29, 1.82) is 0 Å². The van der Waals surface area contributed by atoms with Gasteiger partial charge in [0, 0.05) is 44.2 Å². The predicted molar refractivity (Wildman–Crippen MR) is 106 cm³/mol. The molecule has 2 aromatic carbocycles. The fourth-order valence-electron chi connectivity index (χ4n) is 2.87. The maximum atomic E-state index is 12.4. The monoisotopic (exact) mass is 442 g/mol. The van der Waals surface area contributed by atoms with Crippen LogP contribution in [0.3, 0.4) is 0 Å². The Hall–Kier alpha value is -0.956. The predicted octanol–water partition coefficient (Wildman–Crippen LogP) is 6.09. The van der Waals surface area contributed by atoms with Crippen molar-refractivity contribution in [3.63, 3.8) is 0 Å². The van der Waals surface area contributed by atoms with Crippen molar-refractivity contribution in [2.45, 2.75) is 39.0 Å². The third-order valence-electron chi connectivity index (χ3n) is 4.12. The van der Waals surface area contributed by atoms with Crippen LogP contribution in [0, 0.1) is 12.1 Å². The molecular formula is C22H24ClNOY-2. The Labute approximate surface area is 187 Å². The number of carbonyl (C=O) groups is 1. The van der Waals surface area contributed by atoms with Gasteiger partial charge in [0.1, 0.15) is 0 Å². The fraction of sp³-hybridized carbons (Fsp3) is 0.318. The Kier molecular flexibility index (Phi) is 11.0. The van der Waals surface area contributed by atoms with E-state index in [1.165, 1.54) is 5.56 Å². The maximum Gasteiger partial charge on any atom is 0.254 e. The molecule has 0 bridgehead atoms. The van der Waals surface area contributed by atoms with Crippen molar-refractivity contribution in [3.05, 3.63) is 71.3 Å². The molecule has 1 atom stereocenters. The summed E-state index contributed by atoms with van der Waals surface area (Å²) in [5, 5.41) is 2.93. The molecule has 0 fully saturated rings. The van der Waals surface area contributed by atoms with Crippen molar-refractivity contribution in [1.82, 2.24) is 0 Å². The molecule has 135 valence electrons. The van der Waals surface area contributed by atoms with Gasteiger partial charge in [-0.1, -0.05) is 31.2 Å². The molecule has 1 unspecified atom stereocenters. The van der Waals surface area contributed by atoms with Gasteiger partial charge in [0.15, 0.2) is 0 Å². The summed E-state index contributed by atoms with van der Waals surface area (Å²) < 4.78 is 0. The summed E-state index contributed by atoms with van der Waals surface area (Å²) in [4.78, 5) is 12.4. The molecule has 0 aliphatic rings. The van der Waals surface area contributed by atoms with Gasteiger partial charge in [0.05, 0.1) is 0 Å². The van der Waals surface area contributed by atoms with E-state index in [1.807, 2.05) is 49.4 Å². The van der Waals surface area contributed by atoms with Crippen LogP contribution < -0.4 is 5.32 Å². The molecule has 0 saturated carbocycles. The van der Waals surface area contributed by atoms with Crippen molar-refractivity contribution >= 4 is 29.3 Å². The van der Waals surface area contributed by atoms with Crippen LogP contribution >= 0.6 is 11.6 Å². The zero-order chi connectivity index (χ0) is 18.1. The third kappa shape index (κ3) is 6.98. The number of halogens is 1. The van der Waals surface area contributed by atoms with Crippen molar-refractivity contribution in [2.24, 2.45) is 0 Å². The summed E-state index contributed by atoms with van der Waals surface area (Å²) in [5.74, 6) is 1.01. The minimum absolute atomic E-state index is 0. The Bertz CT molecular complexity index is 706. The van der Waals surface area contributed by atoms with Gasteiger partial charge in [0.2, 0.25) is 0 Å². The number of alkyl halides is 1. The van der Waals surface area contributed by atoms with Crippen LogP contribution in [0.1, 0.15) is 60.5 Å². The van der Waals surface area contributed by atoms with E-state index in [0.29, 0.717) is 17.4 Å². The van der Waals surface area contributed by atoms with Gasteiger partial charge in [-0.2, -0.15) is 6.07 Å². The minimum Gasteiger partial charge on any atom is -0.341 e. The van der Waals surface area contributed by atoms with E-state index in [9.17, 15) is 4.79 Å². The van der Waals surface area contributed by atoms with Crippen molar-refractivity contribution in [3.8, 4) is 0 Å². The molecule has 0 heterocycles. The van der Waals surface area contributed by atoms with Crippen LogP contribution in [-0.2, 0) is 32.7 Å². The zero-order valence-electron chi connectivity index (χ0n) is 15.4. The number of carbonyl (C=O) groups excluding carboxylic acids is 1. The SMILES string of the molecule is C[C-]=Cc1[c-]ccc(NC(=O)c2ccc(C(CCC)CCCl)cc2)c1.[Y]. The number of hydrogen-bond acceptors (Lipinski definition) is 1. The Balaban J connectivity index is 0.00000338. The molecule has 4 heteroatoms. The van der Waals surface area contributed by atoms with E-state index in [-0.39, 0.29) is 38.6 Å². The van der Waals surface area contributed by atoms with E-state index >= 15 is 0 Å². The van der Waals surface area contributed by atoms with Gasteiger partial charge >= 0.3 is 0 Å². The summed E-state index contributed by atoms with van der Waals surface area (Å²) in [6, 6.07) is 16.4. The zero-order valence-corrected chi connectivity index (χ0v) is 19.0. The average Bonchev–Trinajstić information content (AvgIpc) is 2.62. The summed E-state index contributed by atoms with van der Waals surface area (Å²) in [5.41, 5.74) is 3.54. The van der Waals surface area contributed by atoms with Gasteiger partial charge < -0.3 is 23.0 Å². The fourth-order valence-corrected chi connectivity index (χ4v) is 3.13. The average molecular weight is 443 g/mol. The number of benzene rings is 2. The van der Waals surface area contributed by atoms with Crippen LogP contribution in [0.2, 0.25) is 0 Å². The molecule has 26 heavy (non-hydrogen) atoms. The molecule has 0 aliphatic carbocycles. The normalized spacial score (nSPS) is 11.8. The molecule has 2 aromatic rings. The number of hydrogen-bond donors (Lipinski definition) is 1. The van der Waals surface area contributed by atoms with Gasteiger partial charge in [-0.05, 0) is 36.5 Å². The first-order valence-electron chi connectivity index (χ1n) is 8.67. The first-order chi connectivity index (χ1) is 12.2. The molecule has 1 N–H and O–H groups in total. The van der Waals surface area contributed by atoms with Crippen molar-refractivity contribution < 1.29 is 37.5 Å². The smallest absolute Gasteiger partial charge is 0.254 e. The molecule has 0 aliphatic heterocycles. The molecular weight excluding hydrogens is 419 g/mol. The number of anilines is 1. The summed E-state index contributed by atoms with van der Waals surface area (Å²) in [7, 11) is 0. The topological polar surface area (TPSA) is 29.1 Å². The van der Waals surface area contributed by atoms with Crippen LogP contribution in [0.25, 0.3) is 6.08 Å². The quantitative estimate of drug-likeness (QED) is 0.389. The van der Waals surface area contributed by atoms with Gasteiger partial charge in [-0.25, -0.2) is 12.1 Å². The van der Waals surface area contributed by atoms with Crippen molar-refractivity contribution in [2.75, 3.05) is 11.2 Å².